The predicted octanol–water partition coefficient (Wildman–Crippen LogP) is 3.08. The summed E-state index contributed by atoms with van der Waals surface area (Å²) in [5.74, 6) is -1.79. The van der Waals surface area contributed by atoms with Gasteiger partial charge in [0.2, 0.25) is 0 Å². The third-order valence-electron chi connectivity index (χ3n) is 6.38. The van der Waals surface area contributed by atoms with Crippen LogP contribution in [-0.4, -0.2) is 63.1 Å². The molecule has 34 heavy (non-hydrogen) atoms. The first-order valence-electron chi connectivity index (χ1n) is 11.1. The monoisotopic (exact) mass is 504 g/mol. The van der Waals surface area contributed by atoms with Crippen molar-refractivity contribution >= 4 is 40.5 Å². The highest BCUT2D eigenvalue weighted by molar-refractivity contribution is 7.17. The van der Waals surface area contributed by atoms with Crippen LogP contribution in [0.15, 0.2) is 36.1 Å². The van der Waals surface area contributed by atoms with Crippen molar-refractivity contribution in [2.45, 2.75) is 49.6 Å². The number of hydrogen-bond acceptors (Lipinski definition) is 7. The third-order valence-corrected chi connectivity index (χ3v) is 7.92. The molecule has 2 aromatic heterocycles. The number of Topliss-reactive ketones (excluding diaryl/α,β-unsaturated/α-hetero) is 1. The number of fused-ring (bicyclic) bond motifs is 1. The third kappa shape index (κ3) is 4.25. The van der Waals surface area contributed by atoms with Crippen molar-refractivity contribution in [3.05, 3.63) is 46.8 Å². The first kappa shape index (κ1) is 23.1. The maximum Gasteiger partial charge on any atom is 0.271 e. The van der Waals surface area contributed by atoms with Crippen LogP contribution in [0.4, 0.5) is 4.39 Å². The molecule has 0 unspecified atom stereocenters. The summed E-state index contributed by atoms with van der Waals surface area (Å²) in [7, 11) is 0. The van der Waals surface area contributed by atoms with Gasteiger partial charge in [-0.25, -0.2) is 14.4 Å². The molecule has 5 rings (SSSR count). The highest BCUT2D eigenvalue weighted by Crippen LogP contribution is 2.34. The molecule has 1 saturated carbocycles. The van der Waals surface area contributed by atoms with Gasteiger partial charge in [0, 0.05) is 24.5 Å². The van der Waals surface area contributed by atoms with Crippen molar-refractivity contribution < 1.29 is 23.5 Å². The zero-order valence-electron chi connectivity index (χ0n) is 18.1. The number of carbonyl (C=O) groups excluding carboxylic acids is 3. The molecule has 1 N–H and O–H groups in total. The van der Waals surface area contributed by atoms with E-state index in [9.17, 15) is 18.8 Å². The minimum Gasteiger partial charge on any atom is -0.366 e. The van der Waals surface area contributed by atoms with E-state index in [4.69, 9.17) is 16.3 Å². The number of rotatable bonds is 4. The summed E-state index contributed by atoms with van der Waals surface area (Å²) in [4.78, 5) is 48.8. The summed E-state index contributed by atoms with van der Waals surface area (Å²) in [5, 5.41) is 2.24. The fourth-order valence-electron chi connectivity index (χ4n) is 4.74. The molecule has 2 amide bonds. The number of carbonyl (C=O) groups is 3. The Morgan fingerprint density at radius 3 is 2.68 bits per heavy atom. The number of allylic oxidation sites excluding steroid dienone is 1. The SMILES string of the molecule is O=C(NC(C(=O)N1C[C@H](Cl)[C@H]2OCC(=O)[C@H]21)=C1CCCCC1)c1cc(F)c(-c2cncnc2)s1. The van der Waals surface area contributed by atoms with Gasteiger partial charge in [0.15, 0.2) is 5.78 Å². The summed E-state index contributed by atoms with van der Waals surface area (Å²) in [6.45, 7) is 0.0704. The first-order chi connectivity index (χ1) is 16.4. The second-order valence-corrected chi connectivity index (χ2v) is 10.2. The largest absolute Gasteiger partial charge is 0.366 e. The number of nitrogens with one attached hydrogen (secondary N) is 1. The summed E-state index contributed by atoms with van der Waals surface area (Å²) < 4.78 is 20.1. The number of nitrogens with zero attached hydrogens (tertiary/aromatic N) is 3. The van der Waals surface area contributed by atoms with E-state index in [0.717, 1.165) is 42.2 Å². The molecule has 2 saturated heterocycles. The maximum absolute atomic E-state index is 14.6. The summed E-state index contributed by atoms with van der Waals surface area (Å²) in [5.41, 5.74) is 1.45. The summed E-state index contributed by atoms with van der Waals surface area (Å²) in [6, 6.07) is 0.389. The zero-order valence-corrected chi connectivity index (χ0v) is 19.7. The van der Waals surface area contributed by atoms with Gasteiger partial charge in [-0.15, -0.1) is 22.9 Å². The molecular weight excluding hydrogens is 483 g/mol. The molecule has 4 heterocycles. The van der Waals surface area contributed by atoms with Gasteiger partial charge in [0.1, 0.15) is 36.6 Å². The molecule has 1 aliphatic carbocycles. The molecule has 0 bridgehead atoms. The van der Waals surface area contributed by atoms with Gasteiger partial charge in [0.05, 0.1) is 15.1 Å². The molecule has 3 aliphatic rings. The van der Waals surface area contributed by atoms with Crippen LogP contribution in [0.2, 0.25) is 0 Å². The predicted molar refractivity (Wildman–Crippen MR) is 123 cm³/mol. The Hall–Kier alpha value is -2.69. The van der Waals surface area contributed by atoms with Crippen molar-refractivity contribution in [2.75, 3.05) is 13.2 Å². The van der Waals surface area contributed by atoms with Crippen molar-refractivity contribution in [1.82, 2.24) is 20.2 Å². The molecular formula is C23H22ClFN4O4S. The smallest absolute Gasteiger partial charge is 0.271 e. The second-order valence-electron chi connectivity index (χ2n) is 8.57. The average Bonchev–Trinajstić information content (AvgIpc) is 3.53. The van der Waals surface area contributed by atoms with E-state index in [1.807, 2.05) is 0 Å². The lowest BCUT2D eigenvalue weighted by atomic mass is 9.92. The van der Waals surface area contributed by atoms with Crippen LogP contribution < -0.4 is 5.32 Å². The molecule has 178 valence electrons. The van der Waals surface area contributed by atoms with Gasteiger partial charge in [-0.3, -0.25) is 14.4 Å². The Morgan fingerprint density at radius 1 is 1.21 bits per heavy atom. The number of hydrogen-bond donors (Lipinski definition) is 1. The lowest BCUT2D eigenvalue weighted by molar-refractivity contribution is -0.133. The number of alkyl halides is 1. The van der Waals surface area contributed by atoms with Gasteiger partial charge in [-0.2, -0.15) is 0 Å². The van der Waals surface area contributed by atoms with Crippen LogP contribution in [-0.2, 0) is 14.3 Å². The van der Waals surface area contributed by atoms with E-state index >= 15 is 0 Å². The molecule has 2 aliphatic heterocycles. The molecule has 3 fully saturated rings. The quantitative estimate of drug-likeness (QED) is 0.507. The van der Waals surface area contributed by atoms with Crippen molar-refractivity contribution in [3.63, 3.8) is 0 Å². The summed E-state index contributed by atoms with van der Waals surface area (Å²) in [6.07, 6.45) is 7.92. The van der Waals surface area contributed by atoms with E-state index in [-0.39, 0.29) is 34.4 Å². The van der Waals surface area contributed by atoms with E-state index in [0.29, 0.717) is 18.4 Å². The van der Waals surface area contributed by atoms with E-state index in [1.165, 1.54) is 23.6 Å². The van der Waals surface area contributed by atoms with Gasteiger partial charge < -0.3 is 15.0 Å². The van der Waals surface area contributed by atoms with Crippen LogP contribution in [0.5, 0.6) is 0 Å². The molecule has 3 atom stereocenters. The molecule has 0 aromatic carbocycles. The standard InChI is InChI=1S/C23H22ClFN4O4S/c24-14-9-29(19-16(30)10-33-20(14)19)23(32)18(12-4-2-1-3-5-12)28-22(31)17-6-15(25)21(34-17)13-7-26-11-27-8-13/h6-8,11,14,19-20H,1-5,9-10H2,(H,28,31)/t14-,19+,20+/m0/s1. The van der Waals surface area contributed by atoms with Crippen LogP contribution in [0.3, 0.4) is 0 Å². The number of ketones is 1. The number of aromatic nitrogens is 2. The van der Waals surface area contributed by atoms with E-state index in [2.05, 4.69) is 15.3 Å². The number of thiophene rings is 1. The van der Waals surface area contributed by atoms with Crippen LogP contribution in [0.1, 0.15) is 41.8 Å². The Labute approximate surface area is 204 Å². The topological polar surface area (TPSA) is 101 Å². The maximum atomic E-state index is 14.6. The number of amides is 2. The second kappa shape index (κ2) is 9.52. The number of halogens is 2. The highest BCUT2D eigenvalue weighted by Gasteiger charge is 2.52. The van der Waals surface area contributed by atoms with Crippen molar-refractivity contribution in [1.29, 1.82) is 0 Å². The van der Waals surface area contributed by atoms with Crippen molar-refractivity contribution in [3.8, 4) is 10.4 Å². The van der Waals surface area contributed by atoms with Crippen molar-refractivity contribution in [2.24, 2.45) is 0 Å². The molecule has 8 nitrogen and oxygen atoms in total. The Morgan fingerprint density at radius 2 is 1.94 bits per heavy atom. The Kier molecular flexibility index (Phi) is 6.46. The van der Waals surface area contributed by atoms with Gasteiger partial charge in [-0.05, 0) is 37.3 Å². The van der Waals surface area contributed by atoms with Gasteiger partial charge in [-0.1, -0.05) is 6.42 Å². The Bertz CT molecular complexity index is 1160. The zero-order chi connectivity index (χ0) is 23.8. The lowest BCUT2D eigenvalue weighted by Gasteiger charge is -2.26. The number of likely N-dealkylation sites (tertiary alicyclic amines) is 1. The minimum absolute atomic E-state index is 0.0823. The van der Waals surface area contributed by atoms with E-state index < -0.39 is 35.2 Å². The fraction of sp³-hybridized carbons (Fsp3) is 0.435. The van der Waals surface area contributed by atoms with E-state index in [1.54, 1.807) is 0 Å². The minimum atomic E-state index is -0.755. The van der Waals surface area contributed by atoms with Gasteiger partial charge in [0.25, 0.3) is 11.8 Å². The molecule has 0 spiro atoms. The summed E-state index contributed by atoms with van der Waals surface area (Å²) >= 11 is 7.32. The molecule has 0 radical (unpaired) electrons. The fourth-order valence-corrected chi connectivity index (χ4v) is 6.01. The number of ether oxygens (including phenoxy) is 1. The average molecular weight is 505 g/mol. The highest BCUT2D eigenvalue weighted by atomic mass is 35.5. The lowest BCUT2D eigenvalue weighted by Crippen LogP contribution is -2.45. The van der Waals surface area contributed by atoms with Crippen LogP contribution in [0.25, 0.3) is 10.4 Å². The normalized spacial score (nSPS) is 24.3. The van der Waals surface area contributed by atoms with Crippen LogP contribution >= 0.6 is 22.9 Å². The molecule has 11 heteroatoms. The Balaban J connectivity index is 1.43. The molecule has 2 aromatic rings. The first-order valence-corrected chi connectivity index (χ1v) is 12.4. The van der Waals surface area contributed by atoms with Crippen LogP contribution in [0, 0.1) is 5.82 Å². The van der Waals surface area contributed by atoms with Gasteiger partial charge >= 0.3 is 0 Å².